The minimum Gasteiger partial charge on any atom is -0.0819 e. The molecule has 0 amide bonds. The Labute approximate surface area is 219 Å². The van der Waals surface area contributed by atoms with Crippen molar-refractivity contribution in [3.8, 4) is 0 Å². The Morgan fingerprint density at radius 2 is 0.857 bits per heavy atom. The number of aryl methyl sites for hydroxylation is 2. The lowest BCUT2D eigenvalue weighted by molar-refractivity contribution is 0.844. The van der Waals surface area contributed by atoms with Gasteiger partial charge in [-0.3, -0.25) is 0 Å². The summed E-state index contributed by atoms with van der Waals surface area (Å²) in [5.41, 5.74) is 10.4. The fourth-order valence-electron chi connectivity index (χ4n) is 4.85. The first kappa shape index (κ1) is 30.9. The third kappa shape index (κ3) is 9.79. The van der Waals surface area contributed by atoms with E-state index in [1.165, 1.54) is 33.2 Å². The van der Waals surface area contributed by atoms with Gasteiger partial charge < -0.3 is 0 Å². The fraction of sp³-hybridized carbons (Fsp3) is 0.438. The van der Waals surface area contributed by atoms with Gasteiger partial charge in [0.15, 0.2) is 20.1 Å². The van der Waals surface area contributed by atoms with Gasteiger partial charge in [0.05, 0.1) is 0 Å². The van der Waals surface area contributed by atoms with Crippen LogP contribution in [-0.2, 0) is 0 Å². The number of rotatable bonds is 5. The van der Waals surface area contributed by atoms with Crippen LogP contribution in [0.25, 0.3) is 0 Å². The van der Waals surface area contributed by atoms with E-state index in [1.807, 2.05) is 6.07 Å². The van der Waals surface area contributed by atoms with Crippen molar-refractivity contribution in [1.29, 1.82) is 0 Å². The molecular formula is C32H49B3. The van der Waals surface area contributed by atoms with Crippen molar-refractivity contribution in [3.63, 3.8) is 0 Å². The fourth-order valence-corrected chi connectivity index (χ4v) is 4.85. The first-order valence-electron chi connectivity index (χ1n) is 13.6. The van der Waals surface area contributed by atoms with Gasteiger partial charge in [0.25, 0.3) is 0 Å². The Morgan fingerprint density at radius 1 is 0.457 bits per heavy atom. The van der Waals surface area contributed by atoms with Crippen LogP contribution < -0.4 is 16.4 Å². The molecule has 3 aromatic rings. The molecule has 35 heavy (non-hydrogen) atoms. The smallest absolute Gasteiger partial charge is 0.0819 e. The van der Waals surface area contributed by atoms with Crippen molar-refractivity contribution in [3.05, 3.63) is 89.0 Å². The molecule has 0 aliphatic carbocycles. The first-order valence-corrected chi connectivity index (χ1v) is 13.6. The average Bonchev–Trinajstić information content (AvgIpc) is 2.79. The van der Waals surface area contributed by atoms with Crippen LogP contribution >= 0.6 is 0 Å². The average molecular weight is 466 g/mol. The van der Waals surface area contributed by atoms with E-state index in [-0.39, 0.29) is 0 Å². The summed E-state index contributed by atoms with van der Waals surface area (Å²) >= 11 is 0. The van der Waals surface area contributed by atoms with Crippen molar-refractivity contribution in [2.24, 2.45) is 0 Å². The predicted molar refractivity (Wildman–Crippen MR) is 168 cm³/mol. The monoisotopic (exact) mass is 466 g/mol. The Hall–Kier alpha value is -2.15. The second-order valence-electron chi connectivity index (χ2n) is 11.3. The van der Waals surface area contributed by atoms with E-state index in [4.69, 9.17) is 0 Å². The van der Waals surface area contributed by atoms with Gasteiger partial charge in [-0.1, -0.05) is 174 Å². The number of hydrogen-bond donors (Lipinski definition) is 0. The Morgan fingerprint density at radius 3 is 1.14 bits per heavy atom. The molecule has 0 atom stereocenters. The SMILES string of the molecule is CB(C)c1c(C(C)C)cccc1C(C)C.CB(C)c1c(C)cccc1C.CB(C)c1ccccc1. The van der Waals surface area contributed by atoms with Crippen LogP contribution in [0.1, 0.15) is 61.8 Å². The summed E-state index contributed by atoms with van der Waals surface area (Å²) in [4.78, 5) is 0. The molecule has 0 spiro atoms. The predicted octanol–water partition coefficient (Wildman–Crippen LogP) is 7.81. The maximum absolute atomic E-state index is 2.30. The molecular weight excluding hydrogens is 417 g/mol. The minimum atomic E-state index is 0.626. The number of hydrogen-bond acceptors (Lipinski definition) is 0. The molecule has 0 fully saturated rings. The first-order chi connectivity index (χ1) is 16.4. The Bertz CT molecular complexity index is 956. The molecule has 0 saturated carbocycles. The second kappa shape index (κ2) is 15.1. The molecule has 0 unspecified atom stereocenters. The van der Waals surface area contributed by atoms with E-state index in [0.29, 0.717) is 32.0 Å². The van der Waals surface area contributed by atoms with Gasteiger partial charge in [0.1, 0.15) is 0 Å². The molecule has 0 aromatic heterocycles. The second-order valence-corrected chi connectivity index (χ2v) is 11.3. The van der Waals surface area contributed by atoms with Crippen molar-refractivity contribution in [1.82, 2.24) is 0 Å². The lowest BCUT2D eigenvalue weighted by Gasteiger charge is -2.21. The molecule has 0 N–H and O–H groups in total. The van der Waals surface area contributed by atoms with Gasteiger partial charge in [-0.15, -0.1) is 0 Å². The van der Waals surface area contributed by atoms with Gasteiger partial charge in [-0.25, -0.2) is 0 Å². The van der Waals surface area contributed by atoms with E-state index in [0.717, 1.165) is 0 Å². The van der Waals surface area contributed by atoms with E-state index in [9.17, 15) is 0 Å². The molecule has 0 radical (unpaired) electrons. The van der Waals surface area contributed by atoms with Crippen LogP contribution in [0.15, 0.2) is 66.7 Å². The van der Waals surface area contributed by atoms with E-state index in [2.05, 4.69) is 143 Å². The van der Waals surface area contributed by atoms with Gasteiger partial charge in [-0.2, -0.15) is 0 Å². The molecule has 186 valence electrons. The highest BCUT2D eigenvalue weighted by atomic mass is 14.1. The highest BCUT2D eigenvalue weighted by molar-refractivity contribution is 6.72. The van der Waals surface area contributed by atoms with Gasteiger partial charge in [0.2, 0.25) is 0 Å². The quantitative estimate of drug-likeness (QED) is 0.337. The standard InChI is InChI=1S/C14H23B.C10H15B.C8H11B/c1-10(2)12-8-7-9-13(11(3)4)14(12)15(5)6;1-8-6-5-7-9(2)10(8)11(3)4;1-9(2)8-6-4-3-5-7-8/h7-11H,1-6H3;5-7H,1-4H3;3-7H,1-2H3. The normalized spacial score (nSPS) is 10.2. The molecule has 0 aliphatic rings. The van der Waals surface area contributed by atoms with Gasteiger partial charge in [-0.05, 0) is 25.7 Å². The van der Waals surface area contributed by atoms with Crippen LogP contribution in [0.5, 0.6) is 0 Å². The summed E-state index contributed by atoms with van der Waals surface area (Å²) in [6.45, 7) is 28.9. The summed E-state index contributed by atoms with van der Waals surface area (Å²) < 4.78 is 0. The highest BCUT2D eigenvalue weighted by Crippen LogP contribution is 2.20. The molecule has 0 nitrogen and oxygen atoms in total. The molecule has 0 aliphatic heterocycles. The highest BCUT2D eigenvalue weighted by Gasteiger charge is 2.17. The largest absolute Gasteiger partial charge is 0.170 e. The third-order valence-corrected chi connectivity index (χ3v) is 6.58. The molecule has 3 heteroatoms. The van der Waals surface area contributed by atoms with Crippen LogP contribution in [0.3, 0.4) is 0 Å². The molecule has 3 aromatic carbocycles. The zero-order valence-electron chi connectivity index (χ0n) is 24.7. The summed E-state index contributed by atoms with van der Waals surface area (Å²) in [6.07, 6.45) is 0. The van der Waals surface area contributed by atoms with Crippen LogP contribution in [0, 0.1) is 13.8 Å². The van der Waals surface area contributed by atoms with Crippen LogP contribution in [-0.4, -0.2) is 20.1 Å². The van der Waals surface area contributed by atoms with Crippen molar-refractivity contribution in [2.45, 2.75) is 94.3 Å². The molecule has 0 heterocycles. The van der Waals surface area contributed by atoms with Crippen LogP contribution in [0.2, 0.25) is 40.9 Å². The van der Waals surface area contributed by atoms with Gasteiger partial charge >= 0.3 is 0 Å². The van der Waals surface area contributed by atoms with Crippen molar-refractivity contribution < 1.29 is 0 Å². The number of benzene rings is 3. The lowest BCUT2D eigenvalue weighted by Crippen LogP contribution is -2.31. The minimum absolute atomic E-state index is 0.626. The summed E-state index contributed by atoms with van der Waals surface area (Å²) in [5, 5.41) is 0. The zero-order chi connectivity index (χ0) is 26.7. The molecule has 3 rings (SSSR count). The zero-order valence-corrected chi connectivity index (χ0v) is 24.7. The maximum atomic E-state index is 2.30. The maximum Gasteiger partial charge on any atom is 0.170 e. The summed E-state index contributed by atoms with van der Waals surface area (Å²) in [5.74, 6) is 1.25. The molecule has 0 bridgehead atoms. The molecule has 0 saturated heterocycles. The topological polar surface area (TPSA) is 0 Å². The van der Waals surface area contributed by atoms with Crippen molar-refractivity contribution >= 4 is 36.5 Å². The Balaban J connectivity index is 0.000000272. The Kier molecular flexibility index (Phi) is 13.3. The summed E-state index contributed by atoms with van der Waals surface area (Å²) in [6, 6.07) is 23.8. The van der Waals surface area contributed by atoms with Crippen LogP contribution in [0.4, 0.5) is 0 Å². The van der Waals surface area contributed by atoms with E-state index < -0.39 is 0 Å². The van der Waals surface area contributed by atoms with Crippen molar-refractivity contribution in [2.75, 3.05) is 0 Å². The van der Waals surface area contributed by atoms with E-state index in [1.54, 1.807) is 5.46 Å². The van der Waals surface area contributed by atoms with E-state index >= 15 is 0 Å². The third-order valence-electron chi connectivity index (χ3n) is 6.58. The summed E-state index contributed by atoms with van der Waals surface area (Å²) in [7, 11) is 0. The lowest BCUT2D eigenvalue weighted by atomic mass is 9.46. The van der Waals surface area contributed by atoms with Gasteiger partial charge in [0, 0.05) is 0 Å².